The second-order valence-corrected chi connectivity index (χ2v) is 12.6. The number of oxazole rings is 1. The second-order valence-electron chi connectivity index (χ2n) is 12.6. The third kappa shape index (κ3) is 5.57. The highest BCUT2D eigenvalue weighted by Crippen LogP contribution is 2.48. The van der Waals surface area contributed by atoms with Crippen molar-refractivity contribution in [3.05, 3.63) is 94.4 Å². The normalized spacial score (nSPS) is 19.1. The van der Waals surface area contributed by atoms with E-state index >= 15 is 0 Å². The number of nitrogens with two attached hydrogens (primary N) is 1. The number of aromatic nitrogens is 5. The molecule has 0 bridgehead atoms. The molecule has 2 aromatic carbocycles. The van der Waals surface area contributed by atoms with Crippen molar-refractivity contribution in [2.45, 2.75) is 51.3 Å². The molecular formula is C36H35N7O5. The fourth-order valence-electron chi connectivity index (χ4n) is 6.64. The van der Waals surface area contributed by atoms with Crippen molar-refractivity contribution < 1.29 is 18.7 Å². The Morgan fingerprint density at radius 1 is 1.12 bits per heavy atom. The lowest BCUT2D eigenvalue weighted by Crippen LogP contribution is -2.18. The highest BCUT2D eigenvalue weighted by atomic mass is 16.5. The Hall–Kier alpha value is -5.49. The molecule has 8 rings (SSSR count). The number of amides is 1. The van der Waals surface area contributed by atoms with Crippen LogP contribution in [0.3, 0.4) is 0 Å². The van der Waals surface area contributed by atoms with Gasteiger partial charge in [0, 0.05) is 35.9 Å². The zero-order valence-corrected chi connectivity index (χ0v) is 26.7. The Balaban J connectivity index is 1.02. The summed E-state index contributed by atoms with van der Waals surface area (Å²) in [4.78, 5) is 35.2. The van der Waals surface area contributed by atoms with Crippen LogP contribution in [0, 0.1) is 12.8 Å². The van der Waals surface area contributed by atoms with Gasteiger partial charge in [-0.2, -0.15) is 5.10 Å². The maximum Gasteiger partial charge on any atom is 0.420 e. The van der Waals surface area contributed by atoms with Crippen LogP contribution in [-0.2, 0) is 16.1 Å². The second kappa shape index (κ2) is 11.9. The lowest BCUT2D eigenvalue weighted by atomic mass is 10.0. The topological polar surface area (TPSA) is 152 Å². The van der Waals surface area contributed by atoms with Crippen molar-refractivity contribution in [1.82, 2.24) is 24.3 Å². The molecule has 1 amide bonds. The highest BCUT2D eigenvalue weighted by Gasteiger charge is 2.45. The number of carbonyl (C=O) groups excluding carboxylic acids is 1. The van der Waals surface area contributed by atoms with Crippen molar-refractivity contribution in [2.24, 2.45) is 5.92 Å². The molecule has 1 aliphatic carbocycles. The average Bonchev–Trinajstić information content (AvgIpc) is 3.65. The number of hydrogen-bond acceptors (Lipinski definition) is 9. The largest absolute Gasteiger partial charge is 0.497 e. The molecule has 5 heterocycles. The van der Waals surface area contributed by atoms with Crippen LogP contribution >= 0.6 is 0 Å². The van der Waals surface area contributed by atoms with E-state index in [0.29, 0.717) is 40.4 Å². The number of benzene rings is 2. The minimum atomic E-state index is -0.445. The Kier molecular flexibility index (Phi) is 7.44. The number of aryl methyl sites for hydroxylation is 1. The van der Waals surface area contributed by atoms with Crippen molar-refractivity contribution in [3.8, 4) is 17.0 Å². The van der Waals surface area contributed by atoms with Crippen LogP contribution in [0.4, 0.5) is 11.6 Å². The first-order valence-electron chi connectivity index (χ1n) is 16.1. The predicted octanol–water partition coefficient (Wildman–Crippen LogP) is 5.79. The smallest absolute Gasteiger partial charge is 0.420 e. The number of carbonyl (C=O) groups is 1. The lowest BCUT2D eigenvalue weighted by molar-refractivity contribution is -0.117. The van der Waals surface area contributed by atoms with E-state index in [-0.39, 0.29) is 24.0 Å². The lowest BCUT2D eigenvalue weighted by Gasteiger charge is -2.22. The third-order valence-corrected chi connectivity index (χ3v) is 9.41. The summed E-state index contributed by atoms with van der Waals surface area (Å²) in [6, 6.07) is 15.0. The Morgan fingerprint density at radius 3 is 2.77 bits per heavy atom. The number of fused-ring (bicyclic) bond motifs is 2. The summed E-state index contributed by atoms with van der Waals surface area (Å²) < 4.78 is 20.3. The summed E-state index contributed by atoms with van der Waals surface area (Å²) in [7, 11) is 1.62. The number of nitrogens with one attached hydrogen (secondary N) is 1. The van der Waals surface area contributed by atoms with E-state index in [9.17, 15) is 9.59 Å². The zero-order valence-electron chi connectivity index (χ0n) is 26.7. The van der Waals surface area contributed by atoms with Crippen molar-refractivity contribution in [1.29, 1.82) is 0 Å². The van der Waals surface area contributed by atoms with Gasteiger partial charge in [-0.15, -0.1) is 0 Å². The van der Waals surface area contributed by atoms with Gasteiger partial charge < -0.3 is 24.9 Å². The van der Waals surface area contributed by atoms with E-state index in [1.54, 1.807) is 17.9 Å². The van der Waals surface area contributed by atoms with E-state index in [0.717, 1.165) is 65.7 Å². The molecule has 12 heteroatoms. The summed E-state index contributed by atoms with van der Waals surface area (Å²) in [5.41, 5.74) is 11.8. The number of ether oxygens (including phenoxy) is 2. The van der Waals surface area contributed by atoms with Crippen LogP contribution in [0.15, 0.2) is 76.3 Å². The molecule has 4 aromatic heterocycles. The van der Waals surface area contributed by atoms with E-state index < -0.39 is 5.76 Å². The number of nitrogens with zero attached hydrogens (tertiary/aromatic N) is 5. The number of anilines is 2. The maximum atomic E-state index is 13.2. The van der Waals surface area contributed by atoms with Gasteiger partial charge in [-0.1, -0.05) is 12.1 Å². The minimum Gasteiger partial charge on any atom is -0.497 e. The molecule has 2 fully saturated rings. The standard InChI is InChI=1S/C36H35N7O5/c1-20-11-30-31(48-36(45)42(30)18-21-6-8-24(46-2)9-7-21)15-25(20)29-12-22-13-32(38-17-28(22)34(37)40-29)41-35(44)27-14-26(27)23-16-39-43(19-23)33-5-3-4-10-47-33/h6-9,11-13,15-17,19,26-27,33H,3-5,10,14,18H2,1-2H3,(H2,37,40)(H,38,41,44)/t26-,27+,33+/m0/s1. The summed E-state index contributed by atoms with van der Waals surface area (Å²) in [5.74, 6) is 0.954. The van der Waals surface area contributed by atoms with Gasteiger partial charge in [0.15, 0.2) is 5.58 Å². The van der Waals surface area contributed by atoms with Crippen LogP contribution in [-0.4, -0.2) is 43.9 Å². The Labute approximate surface area is 275 Å². The first kappa shape index (κ1) is 29.9. The van der Waals surface area contributed by atoms with E-state index in [1.165, 1.54) is 0 Å². The summed E-state index contributed by atoms with van der Waals surface area (Å²) in [6.45, 7) is 3.07. The van der Waals surface area contributed by atoms with Crippen molar-refractivity contribution in [3.63, 3.8) is 0 Å². The summed E-state index contributed by atoms with van der Waals surface area (Å²) in [5, 5.41) is 8.96. The van der Waals surface area contributed by atoms with Gasteiger partial charge >= 0.3 is 5.76 Å². The monoisotopic (exact) mass is 645 g/mol. The van der Waals surface area contributed by atoms with Gasteiger partial charge in [0.05, 0.1) is 31.1 Å². The molecule has 0 radical (unpaired) electrons. The first-order valence-corrected chi connectivity index (χ1v) is 16.1. The molecule has 6 aromatic rings. The van der Waals surface area contributed by atoms with Gasteiger partial charge in [-0.25, -0.2) is 19.4 Å². The van der Waals surface area contributed by atoms with E-state index in [2.05, 4.69) is 20.4 Å². The molecule has 3 atom stereocenters. The van der Waals surface area contributed by atoms with Gasteiger partial charge in [-0.3, -0.25) is 9.36 Å². The quantitative estimate of drug-likeness (QED) is 0.209. The van der Waals surface area contributed by atoms with Crippen LogP contribution in [0.25, 0.3) is 33.1 Å². The van der Waals surface area contributed by atoms with Gasteiger partial charge in [0.1, 0.15) is 23.6 Å². The van der Waals surface area contributed by atoms with Gasteiger partial charge in [0.25, 0.3) is 0 Å². The molecule has 3 N–H and O–H groups in total. The van der Waals surface area contributed by atoms with Gasteiger partial charge in [-0.05, 0) is 97.0 Å². The number of hydrogen-bond donors (Lipinski definition) is 2. The highest BCUT2D eigenvalue weighted by molar-refractivity contribution is 5.99. The first-order chi connectivity index (χ1) is 23.3. The predicted molar refractivity (Wildman–Crippen MR) is 181 cm³/mol. The van der Waals surface area contributed by atoms with E-state index in [1.807, 2.05) is 72.5 Å². The SMILES string of the molecule is COc1ccc(Cn2c(=O)oc3cc(-c4cc5cc(NC(=O)[C@@H]6C[C@H]6c6cnn([C@H]7CCCCO7)c6)ncc5c(N)n4)c(C)cc32)cc1. The Bertz CT molecular complexity index is 2230. The van der Waals surface area contributed by atoms with E-state index in [4.69, 9.17) is 19.6 Å². The number of nitrogen functional groups attached to an aromatic ring is 1. The molecule has 1 aliphatic heterocycles. The van der Waals surface area contributed by atoms with Crippen LogP contribution < -0.4 is 21.5 Å². The molecule has 0 unspecified atom stereocenters. The average molecular weight is 646 g/mol. The zero-order chi connectivity index (χ0) is 32.9. The number of rotatable bonds is 8. The number of pyridine rings is 2. The molecule has 12 nitrogen and oxygen atoms in total. The molecule has 2 aliphatic rings. The van der Waals surface area contributed by atoms with Crippen LogP contribution in [0.5, 0.6) is 5.75 Å². The van der Waals surface area contributed by atoms with Gasteiger partial charge in [0.2, 0.25) is 5.91 Å². The summed E-state index contributed by atoms with van der Waals surface area (Å²) >= 11 is 0. The molecule has 1 saturated heterocycles. The fraction of sp³-hybridized carbons (Fsp3) is 0.306. The molecule has 1 saturated carbocycles. The van der Waals surface area contributed by atoms with Crippen molar-refractivity contribution >= 4 is 39.4 Å². The fourth-order valence-corrected chi connectivity index (χ4v) is 6.64. The summed E-state index contributed by atoms with van der Waals surface area (Å²) in [6.07, 6.45) is 9.39. The molecule has 244 valence electrons. The third-order valence-electron chi connectivity index (χ3n) is 9.41. The number of methoxy groups -OCH3 is 1. The molecular weight excluding hydrogens is 610 g/mol. The molecule has 0 spiro atoms. The van der Waals surface area contributed by atoms with Crippen LogP contribution in [0.1, 0.15) is 54.5 Å². The maximum absolute atomic E-state index is 13.2. The van der Waals surface area contributed by atoms with Crippen LogP contribution in [0.2, 0.25) is 0 Å². The van der Waals surface area contributed by atoms with Crippen molar-refractivity contribution in [2.75, 3.05) is 24.8 Å². The minimum absolute atomic E-state index is 0.0254. The Morgan fingerprint density at radius 2 is 1.98 bits per heavy atom. The molecule has 48 heavy (non-hydrogen) atoms.